The van der Waals surface area contributed by atoms with E-state index in [1.54, 1.807) is 48.8 Å². The maximum atomic E-state index is 13.3. The number of aliphatic hydroxyl groups is 1. The van der Waals surface area contributed by atoms with Gasteiger partial charge in [0, 0.05) is 24.1 Å². The SMILES string of the molecule is O=C(Nc1cccc(Oc2ccncc2)c1)C(O)c1ccc(F)c(F)c1. The standard InChI is InChI=1S/C19H14F2N2O3/c20-16-5-4-12(10-17(16)21)18(24)19(25)23-13-2-1-3-15(11-13)26-14-6-8-22-9-7-14/h1-11,18,24H,(H,23,25). The molecule has 2 aromatic carbocycles. The van der Waals surface area contributed by atoms with Crippen molar-refractivity contribution < 1.29 is 23.4 Å². The number of anilines is 1. The first-order chi connectivity index (χ1) is 12.5. The van der Waals surface area contributed by atoms with Crippen molar-refractivity contribution in [3.8, 4) is 11.5 Å². The van der Waals surface area contributed by atoms with Crippen LogP contribution in [0.3, 0.4) is 0 Å². The third-order valence-corrected chi connectivity index (χ3v) is 3.49. The number of rotatable bonds is 5. The van der Waals surface area contributed by atoms with Crippen LogP contribution in [0, 0.1) is 11.6 Å². The van der Waals surface area contributed by atoms with E-state index in [1.807, 2.05) is 0 Å². The summed E-state index contributed by atoms with van der Waals surface area (Å²) in [7, 11) is 0. The fraction of sp³-hybridized carbons (Fsp3) is 0.0526. The predicted octanol–water partition coefficient (Wildman–Crippen LogP) is 3.82. The van der Waals surface area contributed by atoms with E-state index >= 15 is 0 Å². The lowest BCUT2D eigenvalue weighted by Gasteiger charge is -2.13. The molecule has 26 heavy (non-hydrogen) atoms. The average Bonchev–Trinajstić information content (AvgIpc) is 2.64. The summed E-state index contributed by atoms with van der Waals surface area (Å²) in [4.78, 5) is 16.0. The molecule has 0 spiro atoms. The van der Waals surface area contributed by atoms with Crippen LogP contribution in [-0.2, 0) is 4.79 Å². The molecule has 3 rings (SSSR count). The van der Waals surface area contributed by atoms with Gasteiger partial charge in [0.1, 0.15) is 11.5 Å². The topological polar surface area (TPSA) is 71.5 Å². The zero-order chi connectivity index (χ0) is 18.5. The van der Waals surface area contributed by atoms with Crippen molar-refractivity contribution >= 4 is 11.6 Å². The van der Waals surface area contributed by atoms with E-state index in [2.05, 4.69) is 10.3 Å². The molecule has 1 amide bonds. The van der Waals surface area contributed by atoms with Gasteiger partial charge in [-0.3, -0.25) is 9.78 Å². The van der Waals surface area contributed by atoms with Gasteiger partial charge in [-0.05, 0) is 42.0 Å². The van der Waals surface area contributed by atoms with Gasteiger partial charge >= 0.3 is 0 Å². The number of pyridine rings is 1. The van der Waals surface area contributed by atoms with E-state index < -0.39 is 23.6 Å². The minimum atomic E-state index is -1.64. The second-order valence-electron chi connectivity index (χ2n) is 5.38. The number of nitrogens with zero attached hydrogens (tertiary/aromatic N) is 1. The third-order valence-electron chi connectivity index (χ3n) is 3.49. The molecule has 0 saturated carbocycles. The summed E-state index contributed by atoms with van der Waals surface area (Å²) in [6.45, 7) is 0. The number of nitrogens with one attached hydrogen (secondary N) is 1. The highest BCUT2D eigenvalue weighted by atomic mass is 19.2. The van der Waals surface area contributed by atoms with Crippen molar-refractivity contribution in [2.45, 2.75) is 6.10 Å². The number of carbonyl (C=O) groups is 1. The molecule has 0 bridgehead atoms. The van der Waals surface area contributed by atoms with Crippen LogP contribution < -0.4 is 10.1 Å². The van der Waals surface area contributed by atoms with Gasteiger partial charge in [0.15, 0.2) is 17.7 Å². The number of hydrogen-bond acceptors (Lipinski definition) is 4. The Kier molecular flexibility index (Phi) is 5.19. The summed E-state index contributed by atoms with van der Waals surface area (Å²) in [6, 6.07) is 12.7. The van der Waals surface area contributed by atoms with Gasteiger partial charge in [0.05, 0.1) is 0 Å². The number of ether oxygens (including phenoxy) is 1. The summed E-state index contributed by atoms with van der Waals surface area (Å²) >= 11 is 0. The fourth-order valence-corrected chi connectivity index (χ4v) is 2.22. The fourth-order valence-electron chi connectivity index (χ4n) is 2.22. The average molecular weight is 356 g/mol. The van der Waals surface area contributed by atoms with Crippen LogP contribution in [0.4, 0.5) is 14.5 Å². The van der Waals surface area contributed by atoms with E-state index in [9.17, 15) is 18.7 Å². The number of halogens is 2. The smallest absolute Gasteiger partial charge is 0.257 e. The minimum absolute atomic E-state index is 0.0504. The van der Waals surface area contributed by atoms with Crippen molar-refractivity contribution in [2.24, 2.45) is 0 Å². The lowest BCUT2D eigenvalue weighted by molar-refractivity contribution is -0.124. The Morgan fingerprint density at radius 3 is 2.50 bits per heavy atom. The summed E-state index contributed by atoms with van der Waals surface area (Å²) < 4.78 is 31.8. The van der Waals surface area contributed by atoms with Crippen LogP contribution in [0.25, 0.3) is 0 Å². The quantitative estimate of drug-likeness (QED) is 0.729. The molecule has 1 unspecified atom stereocenters. The third kappa shape index (κ3) is 4.20. The predicted molar refractivity (Wildman–Crippen MR) is 90.7 cm³/mol. The lowest BCUT2D eigenvalue weighted by Crippen LogP contribution is -2.21. The Bertz CT molecular complexity index is 920. The highest BCUT2D eigenvalue weighted by Crippen LogP contribution is 2.24. The Balaban J connectivity index is 1.70. The van der Waals surface area contributed by atoms with E-state index in [0.717, 1.165) is 18.2 Å². The normalized spacial score (nSPS) is 11.7. The number of hydrogen-bond donors (Lipinski definition) is 2. The molecule has 0 saturated heterocycles. The molecule has 5 nitrogen and oxygen atoms in total. The molecular weight excluding hydrogens is 342 g/mol. The van der Waals surface area contributed by atoms with Gasteiger partial charge in [-0.2, -0.15) is 0 Å². The van der Waals surface area contributed by atoms with Gasteiger partial charge in [0.25, 0.3) is 5.91 Å². The first-order valence-corrected chi connectivity index (χ1v) is 7.65. The van der Waals surface area contributed by atoms with Gasteiger partial charge < -0.3 is 15.2 Å². The number of aromatic nitrogens is 1. The molecule has 7 heteroatoms. The highest BCUT2D eigenvalue weighted by Gasteiger charge is 2.19. The Morgan fingerprint density at radius 1 is 1.00 bits per heavy atom. The largest absolute Gasteiger partial charge is 0.457 e. The maximum absolute atomic E-state index is 13.3. The zero-order valence-electron chi connectivity index (χ0n) is 13.4. The van der Waals surface area contributed by atoms with Gasteiger partial charge in [-0.25, -0.2) is 8.78 Å². The van der Waals surface area contributed by atoms with Gasteiger partial charge in [-0.1, -0.05) is 12.1 Å². The Morgan fingerprint density at radius 2 is 1.77 bits per heavy atom. The van der Waals surface area contributed by atoms with Crippen molar-refractivity contribution in [1.29, 1.82) is 0 Å². The van der Waals surface area contributed by atoms with Crippen molar-refractivity contribution in [1.82, 2.24) is 4.98 Å². The number of carbonyl (C=O) groups excluding carboxylic acids is 1. The summed E-state index contributed by atoms with van der Waals surface area (Å²) in [5.74, 6) is -1.93. The monoisotopic (exact) mass is 356 g/mol. The molecule has 3 aromatic rings. The van der Waals surface area contributed by atoms with Crippen LogP contribution in [-0.4, -0.2) is 16.0 Å². The molecule has 132 valence electrons. The summed E-state index contributed by atoms with van der Waals surface area (Å²) in [5, 5.41) is 12.5. The molecule has 1 heterocycles. The van der Waals surface area contributed by atoms with Gasteiger partial charge in [0.2, 0.25) is 0 Å². The summed E-state index contributed by atoms with van der Waals surface area (Å²) in [5.41, 5.74) is 0.328. The molecule has 1 aromatic heterocycles. The van der Waals surface area contributed by atoms with Crippen molar-refractivity contribution in [2.75, 3.05) is 5.32 Å². The van der Waals surface area contributed by atoms with E-state index in [4.69, 9.17) is 4.74 Å². The summed E-state index contributed by atoms with van der Waals surface area (Å²) in [6.07, 6.45) is 1.52. The molecule has 0 aliphatic heterocycles. The second-order valence-corrected chi connectivity index (χ2v) is 5.38. The van der Waals surface area contributed by atoms with Crippen molar-refractivity contribution in [3.63, 3.8) is 0 Å². The number of amides is 1. The van der Waals surface area contributed by atoms with Crippen LogP contribution in [0.1, 0.15) is 11.7 Å². The molecule has 0 aliphatic rings. The van der Waals surface area contributed by atoms with Crippen molar-refractivity contribution in [3.05, 3.63) is 84.2 Å². The molecule has 2 N–H and O–H groups in total. The molecule has 0 aliphatic carbocycles. The number of benzene rings is 2. The van der Waals surface area contributed by atoms with E-state index in [1.165, 1.54) is 0 Å². The Labute approximate surface area is 147 Å². The van der Waals surface area contributed by atoms with Crippen LogP contribution in [0.5, 0.6) is 11.5 Å². The zero-order valence-corrected chi connectivity index (χ0v) is 13.4. The highest BCUT2D eigenvalue weighted by molar-refractivity contribution is 5.94. The second kappa shape index (κ2) is 7.71. The molecule has 1 atom stereocenters. The molecule has 0 radical (unpaired) electrons. The first-order valence-electron chi connectivity index (χ1n) is 7.65. The Hall–Kier alpha value is -3.32. The number of aliphatic hydroxyl groups excluding tert-OH is 1. The molecule has 0 fully saturated rings. The van der Waals surface area contributed by atoms with E-state index in [0.29, 0.717) is 17.2 Å². The van der Waals surface area contributed by atoms with E-state index in [-0.39, 0.29) is 5.56 Å². The lowest BCUT2D eigenvalue weighted by atomic mass is 10.1. The van der Waals surface area contributed by atoms with Crippen LogP contribution in [0.2, 0.25) is 0 Å². The minimum Gasteiger partial charge on any atom is -0.457 e. The maximum Gasteiger partial charge on any atom is 0.257 e. The van der Waals surface area contributed by atoms with Gasteiger partial charge in [-0.15, -0.1) is 0 Å². The van der Waals surface area contributed by atoms with Crippen LogP contribution >= 0.6 is 0 Å². The first kappa shape index (κ1) is 17.5. The van der Waals surface area contributed by atoms with Crippen LogP contribution in [0.15, 0.2) is 67.0 Å². The molecular formula is C19H14F2N2O3.